The second-order valence-corrected chi connectivity index (χ2v) is 8.60. The third kappa shape index (κ3) is 3.36. The second-order valence-electron chi connectivity index (χ2n) is 6.35. The molecule has 0 saturated carbocycles. The van der Waals surface area contributed by atoms with E-state index in [1.54, 1.807) is 6.92 Å². The molecule has 0 spiro atoms. The largest absolute Gasteiger partial charge is 0.480 e. The Labute approximate surface area is 109 Å². The Morgan fingerprint density at radius 1 is 0.941 bits per heavy atom. The minimum Gasteiger partial charge on any atom is -0.480 e. The van der Waals surface area contributed by atoms with Crippen molar-refractivity contribution in [1.82, 2.24) is 0 Å². The highest BCUT2D eigenvalue weighted by atomic mass is 32.2. The lowest BCUT2D eigenvalue weighted by Crippen LogP contribution is -2.62. The van der Waals surface area contributed by atoms with Gasteiger partial charge in [0.15, 0.2) is 0 Å². The molecule has 0 aliphatic heterocycles. The molecular formula is C12H26N2O2S. The SMILES string of the molecule is CC(C)(N)C(C)(C)SC(C)(C)C(C)(N)C(=O)O. The van der Waals surface area contributed by atoms with E-state index in [1.165, 1.54) is 11.8 Å². The fourth-order valence-corrected chi connectivity index (χ4v) is 2.97. The molecule has 0 aliphatic carbocycles. The van der Waals surface area contributed by atoms with Gasteiger partial charge in [0.25, 0.3) is 0 Å². The standard InChI is InChI=1S/C12H26N2O2S/c1-9(2,13)10(3,4)17-11(5,6)12(7,14)8(15)16/h13-14H2,1-7H3,(H,15,16). The predicted molar refractivity (Wildman–Crippen MR) is 74.2 cm³/mol. The summed E-state index contributed by atoms with van der Waals surface area (Å²) in [6, 6.07) is 0. The number of aliphatic carboxylic acids is 1. The van der Waals surface area contributed by atoms with Crippen LogP contribution in [0.2, 0.25) is 0 Å². The summed E-state index contributed by atoms with van der Waals surface area (Å²) in [7, 11) is 0. The molecule has 102 valence electrons. The maximum Gasteiger partial charge on any atom is 0.324 e. The van der Waals surface area contributed by atoms with Crippen LogP contribution in [0.5, 0.6) is 0 Å². The van der Waals surface area contributed by atoms with Crippen molar-refractivity contribution < 1.29 is 9.90 Å². The molecule has 17 heavy (non-hydrogen) atoms. The van der Waals surface area contributed by atoms with Gasteiger partial charge in [-0.15, -0.1) is 11.8 Å². The summed E-state index contributed by atoms with van der Waals surface area (Å²) in [5.41, 5.74) is 10.3. The molecule has 0 rings (SSSR count). The van der Waals surface area contributed by atoms with E-state index < -0.39 is 21.8 Å². The zero-order valence-corrected chi connectivity index (χ0v) is 12.7. The monoisotopic (exact) mass is 262 g/mol. The number of hydrogen-bond acceptors (Lipinski definition) is 4. The molecule has 0 amide bonds. The van der Waals surface area contributed by atoms with Crippen LogP contribution >= 0.6 is 11.8 Å². The van der Waals surface area contributed by atoms with Crippen LogP contribution in [0.3, 0.4) is 0 Å². The molecule has 5 N–H and O–H groups in total. The van der Waals surface area contributed by atoms with Crippen molar-refractivity contribution in [3.05, 3.63) is 0 Å². The molecule has 4 nitrogen and oxygen atoms in total. The van der Waals surface area contributed by atoms with Crippen LogP contribution in [-0.2, 0) is 4.79 Å². The molecule has 0 fully saturated rings. The summed E-state index contributed by atoms with van der Waals surface area (Å²) in [5, 5.41) is 9.21. The quantitative estimate of drug-likeness (QED) is 0.703. The topological polar surface area (TPSA) is 89.3 Å². The lowest BCUT2D eigenvalue weighted by Gasteiger charge is -2.47. The number of carbonyl (C=O) groups is 1. The van der Waals surface area contributed by atoms with E-state index in [4.69, 9.17) is 11.5 Å². The maximum absolute atomic E-state index is 11.2. The highest BCUT2D eigenvalue weighted by molar-refractivity contribution is 8.02. The van der Waals surface area contributed by atoms with Crippen LogP contribution in [-0.4, -0.2) is 31.6 Å². The second kappa shape index (κ2) is 4.44. The van der Waals surface area contributed by atoms with Crippen LogP contribution in [0.1, 0.15) is 48.5 Å². The number of thioether (sulfide) groups is 1. The minimum atomic E-state index is -1.31. The van der Waals surface area contributed by atoms with Crippen molar-refractivity contribution in [2.24, 2.45) is 11.5 Å². The molecule has 5 heteroatoms. The van der Waals surface area contributed by atoms with E-state index in [0.29, 0.717) is 0 Å². The van der Waals surface area contributed by atoms with Crippen molar-refractivity contribution in [2.75, 3.05) is 0 Å². The number of carboxylic acids is 1. The normalized spacial score (nSPS) is 17.7. The highest BCUT2D eigenvalue weighted by Gasteiger charge is 2.49. The van der Waals surface area contributed by atoms with Gasteiger partial charge in [0, 0.05) is 15.0 Å². The van der Waals surface area contributed by atoms with Crippen LogP contribution in [0, 0.1) is 0 Å². The van der Waals surface area contributed by atoms with E-state index in [0.717, 1.165) is 0 Å². The van der Waals surface area contributed by atoms with Crippen LogP contribution in [0.15, 0.2) is 0 Å². The third-order valence-corrected chi connectivity index (χ3v) is 5.73. The smallest absolute Gasteiger partial charge is 0.324 e. The Morgan fingerprint density at radius 2 is 1.29 bits per heavy atom. The van der Waals surface area contributed by atoms with Gasteiger partial charge in [-0.05, 0) is 48.5 Å². The van der Waals surface area contributed by atoms with Gasteiger partial charge in [0.1, 0.15) is 5.54 Å². The van der Waals surface area contributed by atoms with Gasteiger partial charge in [0.2, 0.25) is 0 Å². The summed E-state index contributed by atoms with van der Waals surface area (Å²) in [4.78, 5) is 11.2. The molecule has 0 saturated heterocycles. The van der Waals surface area contributed by atoms with Crippen molar-refractivity contribution in [3.8, 4) is 0 Å². The van der Waals surface area contributed by atoms with Crippen molar-refractivity contribution in [3.63, 3.8) is 0 Å². The maximum atomic E-state index is 11.2. The Bertz CT molecular complexity index is 304. The van der Waals surface area contributed by atoms with E-state index in [-0.39, 0.29) is 4.75 Å². The Hall–Kier alpha value is -0.260. The summed E-state index contributed by atoms with van der Waals surface area (Å²) in [5.74, 6) is -0.999. The Morgan fingerprint density at radius 3 is 1.53 bits per heavy atom. The van der Waals surface area contributed by atoms with Crippen LogP contribution in [0.25, 0.3) is 0 Å². The Kier molecular flexibility index (Phi) is 4.38. The van der Waals surface area contributed by atoms with E-state index >= 15 is 0 Å². The van der Waals surface area contributed by atoms with Gasteiger partial charge >= 0.3 is 5.97 Å². The van der Waals surface area contributed by atoms with Gasteiger partial charge in [-0.1, -0.05) is 0 Å². The molecule has 0 aromatic carbocycles. The van der Waals surface area contributed by atoms with Gasteiger partial charge in [-0.3, -0.25) is 4.79 Å². The highest BCUT2D eigenvalue weighted by Crippen LogP contribution is 2.46. The summed E-state index contributed by atoms with van der Waals surface area (Å²) in [6.07, 6.45) is 0. The van der Waals surface area contributed by atoms with Gasteiger partial charge in [0.05, 0.1) is 0 Å². The molecule has 0 bridgehead atoms. The number of hydrogen-bond donors (Lipinski definition) is 3. The van der Waals surface area contributed by atoms with E-state index in [2.05, 4.69) is 0 Å². The fourth-order valence-electron chi connectivity index (χ4n) is 1.13. The van der Waals surface area contributed by atoms with Gasteiger partial charge in [-0.25, -0.2) is 0 Å². The number of rotatable bonds is 5. The summed E-state index contributed by atoms with van der Waals surface area (Å²) >= 11 is 1.52. The zero-order valence-electron chi connectivity index (χ0n) is 11.9. The molecule has 1 unspecified atom stereocenters. The summed E-state index contributed by atoms with van der Waals surface area (Å²) < 4.78 is -0.911. The minimum absolute atomic E-state index is 0.285. The third-order valence-electron chi connectivity index (χ3n) is 3.76. The first-order valence-corrected chi connectivity index (χ1v) is 6.48. The van der Waals surface area contributed by atoms with Crippen LogP contribution in [0.4, 0.5) is 0 Å². The van der Waals surface area contributed by atoms with E-state index in [1.807, 2.05) is 41.5 Å². The molecule has 0 aromatic heterocycles. The van der Waals surface area contributed by atoms with Crippen LogP contribution < -0.4 is 11.5 Å². The average molecular weight is 262 g/mol. The molecule has 0 aliphatic rings. The lowest BCUT2D eigenvalue weighted by atomic mass is 9.88. The molecule has 1 atom stereocenters. The first-order chi connectivity index (χ1) is 7.15. The van der Waals surface area contributed by atoms with E-state index in [9.17, 15) is 9.90 Å². The zero-order chi connectivity index (χ0) is 14.3. The molecule has 0 heterocycles. The lowest BCUT2D eigenvalue weighted by molar-refractivity contribution is -0.143. The molecule has 0 aromatic rings. The number of carboxylic acid groups (broad SMARTS) is 1. The average Bonchev–Trinajstić information content (AvgIpc) is 1.98. The van der Waals surface area contributed by atoms with Crippen molar-refractivity contribution in [2.45, 2.75) is 69.0 Å². The Balaban J connectivity index is 5.20. The molecule has 0 radical (unpaired) electrons. The van der Waals surface area contributed by atoms with Gasteiger partial charge in [-0.2, -0.15) is 0 Å². The summed E-state index contributed by atoms with van der Waals surface area (Å²) in [6.45, 7) is 13.1. The fraction of sp³-hybridized carbons (Fsp3) is 0.917. The van der Waals surface area contributed by atoms with Gasteiger partial charge < -0.3 is 16.6 Å². The number of nitrogens with two attached hydrogens (primary N) is 2. The van der Waals surface area contributed by atoms with Crippen molar-refractivity contribution in [1.29, 1.82) is 0 Å². The predicted octanol–water partition coefficient (Wildman–Crippen LogP) is 1.82. The first-order valence-electron chi connectivity index (χ1n) is 5.66. The first kappa shape index (κ1) is 16.7. The molecular weight excluding hydrogens is 236 g/mol. The van der Waals surface area contributed by atoms with Crippen molar-refractivity contribution >= 4 is 17.7 Å².